The molecule has 0 bridgehead atoms. The fourth-order valence-electron chi connectivity index (χ4n) is 1.44. The van der Waals surface area contributed by atoms with Gasteiger partial charge in [-0.05, 0) is 26.7 Å². The summed E-state index contributed by atoms with van der Waals surface area (Å²) >= 11 is 5.98. The van der Waals surface area contributed by atoms with Crippen molar-refractivity contribution in [1.82, 2.24) is 9.97 Å². The van der Waals surface area contributed by atoms with Crippen molar-refractivity contribution in [2.45, 2.75) is 38.1 Å². The van der Waals surface area contributed by atoms with Crippen LogP contribution >= 0.6 is 11.6 Å². The standard InChI is InChI=1S/C11H17ClN4O/c1-11(2,5-17)16-10-7(13)8(12)14-9(15-10)6-3-4-6/h6,17H,3-5,13H2,1-2H3,(H,14,15,16). The Morgan fingerprint density at radius 2 is 2.12 bits per heavy atom. The molecule has 0 aliphatic heterocycles. The number of halogens is 1. The summed E-state index contributed by atoms with van der Waals surface area (Å²) in [5, 5.41) is 12.6. The van der Waals surface area contributed by atoms with Crippen molar-refractivity contribution in [3.63, 3.8) is 0 Å². The van der Waals surface area contributed by atoms with Gasteiger partial charge in [0.1, 0.15) is 11.5 Å². The summed E-state index contributed by atoms with van der Waals surface area (Å²) in [4.78, 5) is 8.56. The van der Waals surface area contributed by atoms with Crippen molar-refractivity contribution in [3.8, 4) is 0 Å². The van der Waals surface area contributed by atoms with Gasteiger partial charge in [-0.15, -0.1) is 0 Å². The first-order valence-corrected chi connectivity index (χ1v) is 6.03. The highest BCUT2D eigenvalue weighted by Gasteiger charge is 2.29. The number of anilines is 2. The lowest BCUT2D eigenvalue weighted by atomic mass is 10.1. The Kier molecular flexibility index (Phi) is 3.14. The van der Waals surface area contributed by atoms with Crippen LogP contribution in [0.3, 0.4) is 0 Å². The first kappa shape index (κ1) is 12.4. The Morgan fingerprint density at radius 3 is 2.65 bits per heavy atom. The van der Waals surface area contributed by atoms with E-state index in [1.807, 2.05) is 13.8 Å². The van der Waals surface area contributed by atoms with Gasteiger partial charge < -0.3 is 16.2 Å². The van der Waals surface area contributed by atoms with Crippen LogP contribution in [-0.2, 0) is 0 Å². The lowest BCUT2D eigenvalue weighted by Gasteiger charge is -2.25. The van der Waals surface area contributed by atoms with E-state index in [0.717, 1.165) is 18.7 Å². The number of aliphatic hydroxyl groups is 1. The molecule has 5 nitrogen and oxygen atoms in total. The topological polar surface area (TPSA) is 84.1 Å². The number of rotatable bonds is 4. The summed E-state index contributed by atoms with van der Waals surface area (Å²) in [5.74, 6) is 1.65. The minimum absolute atomic E-state index is 0.0210. The summed E-state index contributed by atoms with van der Waals surface area (Å²) in [5.41, 5.74) is 5.67. The van der Waals surface area contributed by atoms with E-state index in [9.17, 15) is 5.11 Å². The molecule has 2 rings (SSSR count). The number of aromatic nitrogens is 2. The van der Waals surface area contributed by atoms with Crippen LogP contribution in [0.4, 0.5) is 11.5 Å². The summed E-state index contributed by atoms with van der Waals surface area (Å²) in [6.07, 6.45) is 2.20. The van der Waals surface area contributed by atoms with Crippen molar-refractivity contribution in [2.75, 3.05) is 17.7 Å². The number of nitrogens with two attached hydrogens (primary N) is 1. The Hall–Kier alpha value is -1.07. The van der Waals surface area contributed by atoms with Crippen molar-refractivity contribution < 1.29 is 5.11 Å². The number of aliphatic hydroxyl groups excluding tert-OH is 1. The zero-order valence-electron chi connectivity index (χ0n) is 10.00. The monoisotopic (exact) mass is 256 g/mol. The van der Waals surface area contributed by atoms with Gasteiger partial charge in [0.2, 0.25) is 0 Å². The van der Waals surface area contributed by atoms with Gasteiger partial charge in [0.25, 0.3) is 0 Å². The molecule has 0 saturated heterocycles. The second-order valence-corrected chi connectivity index (χ2v) is 5.43. The molecule has 0 radical (unpaired) electrons. The number of nitrogens with one attached hydrogen (secondary N) is 1. The van der Waals surface area contributed by atoms with Gasteiger partial charge >= 0.3 is 0 Å². The SMILES string of the molecule is CC(C)(CO)Nc1nc(C2CC2)nc(Cl)c1N. The van der Waals surface area contributed by atoms with E-state index in [1.165, 1.54) is 0 Å². The first-order chi connectivity index (χ1) is 7.93. The molecule has 1 aromatic heterocycles. The van der Waals surface area contributed by atoms with E-state index in [2.05, 4.69) is 15.3 Å². The van der Waals surface area contributed by atoms with Crippen molar-refractivity contribution in [3.05, 3.63) is 11.0 Å². The van der Waals surface area contributed by atoms with E-state index in [-0.39, 0.29) is 11.8 Å². The Morgan fingerprint density at radius 1 is 1.47 bits per heavy atom. The van der Waals surface area contributed by atoms with Crippen LogP contribution in [0.1, 0.15) is 38.4 Å². The minimum Gasteiger partial charge on any atom is -0.394 e. The number of hydrogen-bond donors (Lipinski definition) is 3. The van der Waals surface area contributed by atoms with Gasteiger partial charge in [0.05, 0.1) is 12.1 Å². The van der Waals surface area contributed by atoms with Crippen LogP contribution in [0.15, 0.2) is 0 Å². The normalized spacial score (nSPS) is 16.0. The third kappa shape index (κ3) is 2.79. The fourth-order valence-corrected chi connectivity index (χ4v) is 1.61. The van der Waals surface area contributed by atoms with Gasteiger partial charge in [-0.3, -0.25) is 0 Å². The van der Waals surface area contributed by atoms with Crippen molar-refractivity contribution in [1.29, 1.82) is 0 Å². The molecule has 94 valence electrons. The van der Waals surface area contributed by atoms with E-state index in [4.69, 9.17) is 17.3 Å². The molecule has 0 amide bonds. The van der Waals surface area contributed by atoms with Crippen LogP contribution in [0.2, 0.25) is 5.15 Å². The number of hydrogen-bond acceptors (Lipinski definition) is 5. The van der Waals surface area contributed by atoms with Crippen LogP contribution < -0.4 is 11.1 Å². The predicted molar refractivity (Wildman–Crippen MR) is 68.2 cm³/mol. The van der Waals surface area contributed by atoms with Crippen LogP contribution in [0.5, 0.6) is 0 Å². The molecule has 0 unspecified atom stereocenters. The summed E-state index contributed by atoms with van der Waals surface area (Å²) in [6, 6.07) is 0. The molecule has 6 heteroatoms. The molecule has 1 heterocycles. The lowest BCUT2D eigenvalue weighted by Crippen LogP contribution is -2.35. The fraction of sp³-hybridized carbons (Fsp3) is 0.636. The molecular formula is C11H17ClN4O. The van der Waals surface area contributed by atoms with Crippen molar-refractivity contribution in [2.24, 2.45) is 0 Å². The second kappa shape index (κ2) is 4.31. The molecule has 1 aliphatic rings. The summed E-state index contributed by atoms with van der Waals surface area (Å²) in [7, 11) is 0. The van der Waals surface area contributed by atoms with Crippen LogP contribution in [0.25, 0.3) is 0 Å². The molecule has 0 aromatic carbocycles. The number of nitrogens with zero attached hydrogens (tertiary/aromatic N) is 2. The molecule has 1 fully saturated rings. The maximum Gasteiger partial charge on any atom is 0.157 e. The quantitative estimate of drug-likeness (QED) is 0.715. The molecule has 1 aliphatic carbocycles. The second-order valence-electron chi connectivity index (χ2n) is 5.08. The zero-order chi connectivity index (χ0) is 12.6. The van der Waals surface area contributed by atoms with Gasteiger partial charge in [-0.1, -0.05) is 11.6 Å². The maximum absolute atomic E-state index is 9.23. The third-order valence-electron chi connectivity index (χ3n) is 2.71. The van der Waals surface area contributed by atoms with Gasteiger partial charge in [-0.25, -0.2) is 9.97 Å². The Balaban J connectivity index is 2.31. The highest BCUT2D eigenvalue weighted by Crippen LogP contribution is 2.40. The van der Waals surface area contributed by atoms with Gasteiger partial charge in [0, 0.05) is 5.92 Å². The third-order valence-corrected chi connectivity index (χ3v) is 3.00. The summed E-state index contributed by atoms with van der Waals surface area (Å²) < 4.78 is 0. The molecule has 1 aromatic rings. The average Bonchev–Trinajstić information content (AvgIpc) is 3.08. The van der Waals surface area contributed by atoms with E-state index < -0.39 is 5.54 Å². The average molecular weight is 257 g/mol. The number of nitrogen functional groups attached to an aromatic ring is 1. The maximum atomic E-state index is 9.23. The van der Waals surface area contributed by atoms with Gasteiger partial charge in [-0.2, -0.15) is 0 Å². The zero-order valence-corrected chi connectivity index (χ0v) is 10.8. The van der Waals surface area contributed by atoms with Crippen molar-refractivity contribution >= 4 is 23.1 Å². The van der Waals surface area contributed by atoms with Gasteiger partial charge in [0.15, 0.2) is 11.0 Å². The first-order valence-electron chi connectivity index (χ1n) is 5.65. The Labute approximate surface area is 105 Å². The minimum atomic E-state index is -0.493. The van der Waals surface area contributed by atoms with E-state index in [1.54, 1.807) is 0 Å². The molecule has 1 saturated carbocycles. The largest absolute Gasteiger partial charge is 0.394 e. The molecular weight excluding hydrogens is 240 g/mol. The molecule has 4 N–H and O–H groups in total. The van der Waals surface area contributed by atoms with E-state index in [0.29, 0.717) is 17.4 Å². The highest BCUT2D eigenvalue weighted by atomic mass is 35.5. The molecule has 17 heavy (non-hydrogen) atoms. The molecule has 0 atom stereocenters. The highest BCUT2D eigenvalue weighted by molar-refractivity contribution is 6.32. The predicted octanol–water partition coefficient (Wildman–Crippen LogP) is 1.77. The van der Waals surface area contributed by atoms with Crippen LogP contribution in [-0.4, -0.2) is 27.2 Å². The Bertz CT molecular complexity index is 432. The van der Waals surface area contributed by atoms with Crippen LogP contribution in [0, 0.1) is 0 Å². The lowest BCUT2D eigenvalue weighted by molar-refractivity contribution is 0.234. The molecule has 0 spiro atoms. The smallest absolute Gasteiger partial charge is 0.157 e. The summed E-state index contributed by atoms with van der Waals surface area (Å²) in [6.45, 7) is 3.70. The van der Waals surface area contributed by atoms with E-state index >= 15 is 0 Å².